The van der Waals surface area contributed by atoms with Crippen LogP contribution >= 0.6 is 0 Å². The molecule has 39 heavy (non-hydrogen) atoms. The lowest BCUT2D eigenvalue weighted by Gasteiger charge is -2.13. The van der Waals surface area contributed by atoms with Gasteiger partial charge in [-0.25, -0.2) is 19.0 Å². The van der Waals surface area contributed by atoms with E-state index >= 15 is 0 Å². The van der Waals surface area contributed by atoms with Gasteiger partial charge in [0.2, 0.25) is 0 Å². The molecule has 0 saturated heterocycles. The highest BCUT2D eigenvalue weighted by molar-refractivity contribution is 6.04. The van der Waals surface area contributed by atoms with Crippen molar-refractivity contribution in [3.63, 3.8) is 0 Å². The highest BCUT2D eigenvalue weighted by atomic mass is 19.4. The van der Waals surface area contributed by atoms with E-state index in [4.69, 9.17) is 4.74 Å². The lowest BCUT2D eigenvalue weighted by molar-refractivity contribution is -0.140. The fraction of sp³-hybridized carbons (Fsp3) is 0.111. The van der Waals surface area contributed by atoms with E-state index in [1.165, 1.54) is 6.33 Å². The van der Waals surface area contributed by atoms with Gasteiger partial charge in [0.1, 0.15) is 23.7 Å². The number of carbonyl (C=O) groups excluding carboxylic acids is 1. The first-order chi connectivity index (χ1) is 18.6. The van der Waals surface area contributed by atoms with Gasteiger partial charge in [-0.2, -0.15) is 18.3 Å². The normalized spacial score (nSPS) is 11.4. The Bertz CT molecular complexity index is 1680. The van der Waals surface area contributed by atoms with Crippen molar-refractivity contribution >= 4 is 34.1 Å². The number of benzene rings is 3. The monoisotopic (exact) mass is 536 g/mol. The second kappa shape index (κ2) is 10.0. The molecule has 2 aromatic heterocycles. The molecule has 0 aliphatic rings. The number of alkyl halides is 3. The van der Waals surface area contributed by atoms with Crippen LogP contribution in [0.5, 0.6) is 5.75 Å². The van der Waals surface area contributed by atoms with Crippen LogP contribution in [0.2, 0.25) is 0 Å². The topological polar surface area (TPSA) is 94.0 Å². The Morgan fingerprint density at radius 1 is 1.00 bits per heavy atom. The number of carbonyl (C=O) groups is 1. The molecule has 0 fully saturated rings. The molecule has 5 aromatic rings. The van der Waals surface area contributed by atoms with Crippen LogP contribution in [0.3, 0.4) is 0 Å². The largest absolute Gasteiger partial charge is 0.497 e. The molecule has 5 rings (SSSR count). The predicted octanol–water partition coefficient (Wildman–Crippen LogP) is 6.29. The first-order valence-electron chi connectivity index (χ1n) is 11.5. The Morgan fingerprint density at radius 2 is 1.77 bits per heavy atom. The number of anilines is 3. The highest BCUT2D eigenvalue weighted by Gasteiger charge is 2.34. The second-order valence-corrected chi connectivity index (χ2v) is 8.52. The van der Waals surface area contributed by atoms with Crippen molar-refractivity contribution in [1.29, 1.82) is 0 Å². The quantitative estimate of drug-likeness (QED) is 0.248. The minimum Gasteiger partial charge on any atom is -0.497 e. The van der Waals surface area contributed by atoms with Crippen LogP contribution in [0, 0.1) is 12.7 Å². The Morgan fingerprint density at radius 3 is 2.49 bits per heavy atom. The van der Waals surface area contributed by atoms with Crippen molar-refractivity contribution in [3.8, 4) is 11.4 Å². The van der Waals surface area contributed by atoms with Crippen molar-refractivity contribution in [1.82, 2.24) is 19.7 Å². The summed E-state index contributed by atoms with van der Waals surface area (Å²) < 4.78 is 59.7. The zero-order valence-electron chi connectivity index (χ0n) is 20.5. The van der Waals surface area contributed by atoms with Gasteiger partial charge in [0, 0.05) is 16.9 Å². The third-order valence-corrected chi connectivity index (χ3v) is 5.97. The Kier molecular flexibility index (Phi) is 6.60. The summed E-state index contributed by atoms with van der Waals surface area (Å²) in [5.41, 5.74) is 1.18. The number of aromatic nitrogens is 4. The molecule has 1 amide bonds. The number of hydrogen-bond acceptors (Lipinski definition) is 6. The predicted molar refractivity (Wildman–Crippen MR) is 137 cm³/mol. The molecule has 3 aromatic carbocycles. The molecule has 0 bridgehead atoms. The molecule has 198 valence electrons. The molecule has 0 saturated carbocycles. The molecule has 0 aliphatic heterocycles. The van der Waals surface area contributed by atoms with Crippen molar-refractivity contribution in [2.45, 2.75) is 13.1 Å². The number of nitrogens with zero attached hydrogens (tertiary/aromatic N) is 4. The summed E-state index contributed by atoms with van der Waals surface area (Å²) in [7, 11) is 1.58. The van der Waals surface area contributed by atoms with E-state index in [1.807, 2.05) is 31.2 Å². The van der Waals surface area contributed by atoms with E-state index < -0.39 is 23.5 Å². The summed E-state index contributed by atoms with van der Waals surface area (Å²) in [6, 6.07) is 14.3. The molecular formula is C27H20F4N6O2. The van der Waals surface area contributed by atoms with Crippen LogP contribution in [0.15, 0.2) is 73.2 Å². The fourth-order valence-corrected chi connectivity index (χ4v) is 3.91. The smallest absolute Gasteiger partial charge is 0.419 e. The number of ether oxygens (including phenoxy) is 1. The number of aryl methyl sites for hydroxylation is 1. The standard InChI is InChI=1S/C27H20F4N6O2/c1-15-3-5-17(35-26(38)16-4-10-22(28)21(11-16)27(29,30)31)12-23(15)36-24-20-13-34-37(25(20)33-14-32-24)18-6-8-19(39-2)9-7-18/h3-14H,1-2H3,(H,35,38)(H,32,33,36). The first-order valence-corrected chi connectivity index (χ1v) is 11.5. The van der Waals surface area contributed by atoms with Gasteiger partial charge in [0.15, 0.2) is 5.65 Å². The highest BCUT2D eigenvalue weighted by Crippen LogP contribution is 2.32. The van der Waals surface area contributed by atoms with Gasteiger partial charge in [0.05, 0.1) is 29.9 Å². The van der Waals surface area contributed by atoms with E-state index in [1.54, 1.807) is 36.2 Å². The first kappa shape index (κ1) is 25.6. The van der Waals surface area contributed by atoms with Crippen LogP contribution in [-0.4, -0.2) is 32.8 Å². The Hall–Kier alpha value is -5.00. The number of amides is 1. The molecule has 2 heterocycles. The molecule has 0 unspecified atom stereocenters. The van der Waals surface area contributed by atoms with E-state index in [2.05, 4.69) is 25.7 Å². The molecule has 0 spiro atoms. The zero-order chi connectivity index (χ0) is 27.7. The number of fused-ring (bicyclic) bond motifs is 1. The summed E-state index contributed by atoms with van der Waals surface area (Å²) in [6.07, 6.45) is -1.92. The van der Waals surface area contributed by atoms with Gasteiger partial charge in [-0.05, 0) is 67.1 Å². The van der Waals surface area contributed by atoms with Crippen LogP contribution in [0.1, 0.15) is 21.5 Å². The Balaban J connectivity index is 1.41. The van der Waals surface area contributed by atoms with Crippen molar-refractivity contribution in [2.24, 2.45) is 0 Å². The van der Waals surface area contributed by atoms with Gasteiger partial charge in [-0.1, -0.05) is 6.07 Å². The molecule has 8 nitrogen and oxygen atoms in total. The maximum atomic E-state index is 13.6. The molecule has 0 radical (unpaired) electrons. The molecule has 0 aliphatic carbocycles. The summed E-state index contributed by atoms with van der Waals surface area (Å²) >= 11 is 0. The average Bonchev–Trinajstić information content (AvgIpc) is 3.35. The summed E-state index contributed by atoms with van der Waals surface area (Å²) in [4.78, 5) is 21.3. The van der Waals surface area contributed by atoms with Crippen LogP contribution in [-0.2, 0) is 6.18 Å². The SMILES string of the molecule is COc1ccc(-n2ncc3c(Nc4cc(NC(=O)c5ccc(F)c(C(F)(F)F)c5)ccc4C)ncnc32)cc1. The number of methoxy groups -OCH3 is 1. The van der Waals surface area contributed by atoms with Crippen molar-refractivity contribution < 1.29 is 27.1 Å². The summed E-state index contributed by atoms with van der Waals surface area (Å²) in [5, 5.41) is 10.8. The van der Waals surface area contributed by atoms with E-state index in [9.17, 15) is 22.4 Å². The average molecular weight is 536 g/mol. The van der Waals surface area contributed by atoms with Gasteiger partial charge < -0.3 is 15.4 Å². The van der Waals surface area contributed by atoms with E-state index in [0.29, 0.717) is 46.1 Å². The van der Waals surface area contributed by atoms with E-state index in [0.717, 1.165) is 17.3 Å². The van der Waals surface area contributed by atoms with Gasteiger partial charge in [0.25, 0.3) is 5.91 Å². The summed E-state index contributed by atoms with van der Waals surface area (Å²) in [6.45, 7) is 1.84. The van der Waals surface area contributed by atoms with Crippen molar-refractivity contribution in [2.75, 3.05) is 17.7 Å². The van der Waals surface area contributed by atoms with Crippen LogP contribution < -0.4 is 15.4 Å². The lowest BCUT2D eigenvalue weighted by atomic mass is 10.1. The van der Waals surface area contributed by atoms with Crippen LogP contribution in [0.25, 0.3) is 16.7 Å². The number of halogens is 4. The van der Waals surface area contributed by atoms with E-state index in [-0.39, 0.29) is 5.56 Å². The number of nitrogens with one attached hydrogen (secondary N) is 2. The number of rotatable bonds is 6. The maximum absolute atomic E-state index is 13.6. The zero-order valence-corrected chi connectivity index (χ0v) is 20.5. The van der Waals surface area contributed by atoms with Gasteiger partial charge in [-0.3, -0.25) is 4.79 Å². The lowest BCUT2D eigenvalue weighted by Crippen LogP contribution is -2.15. The third kappa shape index (κ3) is 5.21. The molecule has 2 N–H and O–H groups in total. The third-order valence-electron chi connectivity index (χ3n) is 5.97. The number of hydrogen-bond donors (Lipinski definition) is 2. The fourth-order valence-electron chi connectivity index (χ4n) is 3.91. The maximum Gasteiger partial charge on any atom is 0.419 e. The van der Waals surface area contributed by atoms with Crippen LogP contribution in [0.4, 0.5) is 34.8 Å². The minimum atomic E-state index is -4.93. The molecule has 0 atom stereocenters. The summed E-state index contributed by atoms with van der Waals surface area (Å²) in [5.74, 6) is -1.11. The van der Waals surface area contributed by atoms with Gasteiger partial charge in [-0.15, -0.1) is 0 Å². The minimum absolute atomic E-state index is 0.310. The van der Waals surface area contributed by atoms with Gasteiger partial charge >= 0.3 is 6.18 Å². The Labute approximate surface area is 219 Å². The molecule has 12 heteroatoms. The molecular weight excluding hydrogens is 516 g/mol. The van der Waals surface area contributed by atoms with Crippen molar-refractivity contribution in [3.05, 3.63) is 95.7 Å². The second-order valence-electron chi connectivity index (χ2n) is 8.52.